The molecule has 2 rings (SSSR count). The van der Waals surface area contributed by atoms with Crippen molar-refractivity contribution in [3.8, 4) is 5.69 Å². The third-order valence-corrected chi connectivity index (χ3v) is 3.57. The van der Waals surface area contributed by atoms with Crippen LogP contribution in [0.5, 0.6) is 0 Å². The Balaban J connectivity index is 2.56. The zero-order chi connectivity index (χ0) is 14.0. The van der Waals surface area contributed by atoms with Crippen LogP contribution < -0.4 is 5.73 Å². The number of benzene rings is 1. The Labute approximate surface area is 118 Å². The molecule has 0 saturated carbocycles. The lowest BCUT2D eigenvalue weighted by atomic mass is 10.1. The SMILES string of the molecule is CCc1c(C(N)CC)nnn1-c1cc(C)ccc1Cl. The van der Waals surface area contributed by atoms with Gasteiger partial charge in [-0.15, -0.1) is 5.10 Å². The van der Waals surface area contributed by atoms with Gasteiger partial charge in [0.05, 0.1) is 22.4 Å². The summed E-state index contributed by atoms with van der Waals surface area (Å²) in [5, 5.41) is 9.13. The lowest BCUT2D eigenvalue weighted by Crippen LogP contribution is -2.12. The van der Waals surface area contributed by atoms with Crippen molar-refractivity contribution in [3.05, 3.63) is 40.2 Å². The fourth-order valence-electron chi connectivity index (χ4n) is 2.10. The molecule has 0 aliphatic carbocycles. The van der Waals surface area contributed by atoms with Crippen LogP contribution in [0.3, 0.4) is 0 Å². The number of halogens is 1. The van der Waals surface area contributed by atoms with Crippen LogP contribution in [0.25, 0.3) is 5.69 Å². The Bertz CT molecular complexity index is 577. The Hall–Kier alpha value is -1.39. The van der Waals surface area contributed by atoms with E-state index in [0.29, 0.717) is 5.02 Å². The molecule has 0 bridgehead atoms. The van der Waals surface area contributed by atoms with Gasteiger partial charge >= 0.3 is 0 Å². The number of nitrogens with zero attached hydrogens (tertiary/aromatic N) is 3. The largest absolute Gasteiger partial charge is 0.323 e. The second-order valence-corrected chi connectivity index (χ2v) is 5.06. The average molecular weight is 279 g/mol. The van der Waals surface area contributed by atoms with Crippen molar-refractivity contribution >= 4 is 11.6 Å². The Morgan fingerprint density at radius 1 is 1.37 bits per heavy atom. The maximum absolute atomic E-state index is 6.26. The molecule has 0 radical (unpaired) electrons. The summed E-state index contributed by atoms with van der Waals surface area (Å²) in [5.41, 5.74) is 9.97. The van der Waals surface area contributed by atoms with Gasteiger partial charge in [0.2, 0.25) is 0 Å². The van der Waals surface area contributed by atoms with Crippen molar-refractivity contribution in [2.24, 2.45) is 5.73 Å². The maximum atomic E-state index is 6.26. The highest BCUT2D eigenvalue weighted by Crippen LogP contribution is 2.25. The van der Waals surface area contributed by atoms with Gasteiger partial charge in [0.1, 0.15) is 5.69 Å². The summed E-state index contributed by atoms with van der Waals surface area (Å²) in [6.45, 7) is 6.15. The molecular formula is C14H19ClN4. The first-order valence-electron chi connectivity index (χ1n) is 6.55. The summed E-state index contributed by atoms with van der Waals surface area (Å²) in [5.74, 6) is 0. The van der Waals surface area contributed by atoms with E-state index in [1.807, 2.05) is 32.0 Å². The summed E-state index contributed by atoms with van der Waals surface area (Å²) in [4.78, 5) is 0. The van der Waals surface area contributed by atoms with E-state index in [2.05, 4.69) is 17.2 Å². The number of hydrogen-bond acceptors (Lipinski definition) is 3. The molecule has 0 aliphatic heterocycles. The number of rotatable bonds is 4. The summed E-state index contributed by atoms with van der Waals surface area (Å²) in [7, 11) is 0. The zero-order valence-electron chi connectivity index (χ0n) is 11.5. The van der Waals surface area contributed by atoms with Crippen molar-refractivity contribution < 1.29 is 0 Å². The third kappa shape index (κ3) is 2.65. The molecule has 0 saturated heterocycles. The van der Waals surface area contributed by atoms with Crippen LogP contribution in [0, 0.1) is 6.92 Å². The monoisotopic (exact) mass is 278 g/mol. The minimum Gasteiger partial charge on any atom is -0.323 e. The highest BCUT2D eigenvalue weighted by atomic mass is 35.5. The van der Waals surface area contributed by atoms with Crippen LogP contribution in [0.15, 0.2) is 18.2 Å². The minimum atomic E-state index is -0.0766. The van der Waals surface area contributed by atoms with Gasteiger partial charge in [-0.3, -0.25) is 0 Å². The number of aromatic nitrogens is 3. The van der Waals surface area contributed by atoms with Gasteiger partial charge in [0.25, 0.3) is 0 Å². The first-order chi connectivity index (χ1) is 9.08. The minimum absolute atomic E-state index is 0.0766. The predicted molar refractivity (Wildman–Crippen MR) is 77.7 cm³/mol. The van der Waals surface area contributed by atoms with E-state index >= 15 is 0 Å². The van der Waals surface area contributed by atoms with E-state index in [1.54, 1.807) is 4.68 Å². The van der Waals surface area contributed by atoms with Crippen LogP contribution in [0.2, 0.25) is 5.02 Å². The lowest BCUT2D eigenvalue weighted by Gasteiger charge is -2.11. The van der Waals surface area contributed by atoms with Gasteiger partial charge in [-0.2, -0.15) is 0 Å². The molecule has 1 aromatic heterocycles. The Kier molecular flexibility index (Phi) is 4.22. The fourth-order valence-corrected chi connectivity index (χ4v) is 2.30. The number of nitrogens with two attached hydrogens (primary N) is 1. The van der Waals surface area contributed by atoms with Crippen molar-refractivity contribution in [2.45, 2.75) is 39.7 Å². The summed E-state index contributed by atoms with van der Waals surface area (Å²) in [6, 6.07) is 5.80. The molecule has 102 valence electrons. The molecule has 2 aromatic rings. The van der Waals surface area contributed by atoms with Crippen LogP contribution in [-0.4, -0.2) is 15.0 Å². The van der Waals surface area contributed by atoms with Crippen LogP contribution in [0.1, 0.15) is 43.3 Å². The van der Waals surface area contributed by atoms with E-state index < -0.39 is 0 Å². The third-order valence-electron chi connectivity index (χ3n) is 3.25. The van der Waals surface area contributed by atoms with E-state index in [0.717, 1.165) is 35.5 Å². The van der Waals surface area contributed by atoms with Crippen molar-refractivity contribution in [1.82, 2.24) is 15.0 Å². The first-order valence-corrected chi connectivity index (χ1v) is 6.92. The van der Waals surface area contributed by atoms with Gasteiger partial charge in [0, 0.05) is 0 Å². The smallest absolute Gasteiger partial charge is 0.103 e. The molecule has 1 unspecified atom stereocenters. The van der Waals surface area contributed by atoms with E-state index in [1.165, 1.54) is 0 Å². The van der Waals surface area contributed by atoms with E-state index in [9.17, 15) is 0 Å². The molecule has 1 atom stereocenters. The van der Waals surface area contributed by atoms with Crippen LogP contribution in [0.4, 0.5) is 0 Å². The Morgan fingerprint density at radius 2 is 2.11 bits per heavy atom. The van der Waals surface area contributed by atoms with Crippen LogP contribution >= 0.6 is 11.6 Å². The maximum Gasteiger partial charge on any atom is 0.103 e. The second kappa shape index (κ2) is 5.72. The van der Waals surface area contributed by atoms with Gasteiger partial charge < -0.3 is 5.73 Å². The van der Waals surface area contributed by atoms with Gasteiger partial charge in [-0.1, -0.05) is 36.7 Å². The lowest BCUT2D eigenvalue weighted by molar-refractivity contribution is 0.665. The molecule has 5 heteroatoms. The quantitative estimate of drug-likeness (QED) is 0.934. The van der Waals surface area contributed by atoms with Crippen molar-refractivity contribution in [2.75, 3.05) is 0 Å². The summed E-state index contributed by atoms with van der Waals surface area (Å²) < 4.78 is 1.81. The van der Waals surface area contributed by atoms with Crippen molar-refractivity contribution in [1.29, 1.82) is 0 Å². The van der Waals surface area contributed by atoms with Gasteiger partial charge in [0.15, 0.2) is 0 Å². The summed E-state index contributed by atoms with van der Waals surface area (Å²) >= 11 is 6.26. The Morgan fingerprint density at radius 3 is 2.74 bits per heavy atom. The zero-order valence-corrected chi connectivity index (χ0v) is 12.3. The standard InChI is InChI=1S/C14H19ClN4/c1-4-11(16)14-12(5-2)19(18-17-14)13-8-9(3)6-7-10(13)15/h6-8,11H,4-5,16H2,1-3H3. The van der Waals surface area contributed by atoms with Gasteiger partial charge in [-0.25, -0.2) is 4.68 Å². The van der Waals surface area contributed by atoms with Crippen molar-refractivity contribution in [3.63, 3.8) is 0 Å². The van der Waals surface area contributed by atoms with Crippen LogP contribution in [-0.2, 0) is 6.42 Å². The number of aryl methyl sites for hydroxylation is 1. The molecule has 4 nitrogen and oxygen atoms in total. The molecule has 1 heterocycles. The van der Waals surface area contributed by atoms with Gasteiger partial charge in [-0.05, 0) is 37.5 Å². The highest BCUT2D eigenvalue weighted by molar-refractivity contribution is 6.32. The molecule has 0 aliphatic rings. The van der Waals surface area contributed by atoms with E-state index in [-0.39, 0.29) is 6.04 Å². The molecule has 19 heavy (non-hydrogen) atoms. The molecule has 0 spiro atoms. The molecule has 1 aromatic carbocycles. The number of hydrogen-bond donors (Lipinski definition) is 1. The summed E-state index contributed by atoms with van der Waals surface area (Å²) in [6.07, 6.45) is 1.66. The van der Waals surface area contributed by atoms with E-state index in [4.69, 9.17) is 17.3 Å². The molecular weight excluding hydrogens is 260 g/mol. The molecule has 2 N–H and O–H groups in total. The molecule has 0 fully saturated rings. The first kappa shape index (κ1) is 14.0. The predicted octanol–water partition coefficient (Wildman–Crippen LogP) is 3.20. The molecule has 0 amide bonds. The normalized spacial score (nSPS) is 12.7. The second-order valence-electron chi connectivity index (χ2n) is 4.66. The topological polar surface area (TPSA) is 56.7 Å². The average Bonchev–Trinajstić information content (AvgIpc) is 2.84. The highest BCUT2D eigenvalue weighted by Gasteiger charge is 2.18. The fraction of sp³-hybridized carbons (Fsp3) is 0.429.